The van der Waals surface area contributed by atoms with E-state index in [-0.39, 0.29) is 0 Å². The van der Waals surface area contributed by atoms with E-state index >= 15 is 0 Å². The summed E-state index contributed by atoms with van der Waals surface area (Å²) in [5.74, 6) is -0.872. The fourth-order valence-corrected chi connectivity index (χ4v) is 3.21. The monoisotopic (exact) mass is 249 g/mol. The summed E-state index contributed by atoms with van der Waals surface area (Å²) >= 11 is 0. The molecule has 0 spiro atoms. The summed E-state index contributed by atoms with van der Waals surface area (Å²) in [7, 11) is -3.69. The van der Waals surface area contributed by atoms with Crippen LogP contribution in [0, 0.1) is 5.92 Å². The summed E-state index contributed by atoms with van der Waals surface area (Å²) in [6, 6.07) is 0. The Kier molecular flexibility index (Phi) is 4.32. The Morgan fingerprint density at radius 2 is 2.06 bits per heavy atom. The number of hydrogen-bond acceptors (Lipinski definition) is 3. The third-order valence-electron chi connectivity index (χ3n) is 3.19. The summed E-state index contributed by atoms with van der Waals surface area (Å²) in [5, 5.41) is 7.41. The highest BCUT2D eigenvalue weighted by Gasteiger charge is 2.34. The van der Waals surface area contributed by atoms with Gasteiger partial charge in [-0.15, -0.1) is 0 Å². The molecule has 1 N–H and O–H groups in total. The zero-order valence-corrected chi connectivity index (χ0v) is 10.5. The molecule has 0 heterocycles. The third kappa shape index (κ3) is 2.74. The number of hydrogen-bond donors (Lipinski definition) is 1. The second kappa shape index (κ2) is 5.14. The molecule has 0 aliphatic heterocycles. The molecule has 0 aromatic heterocycles. The lowest BCUT2D eigenvalue weighted by Gasteiger charge is -2.31. The van der Waals surface area contributed by atoms with E-state index in [1.165, 1.54) is 11.2 Å². The number of carboxylic acid groups (broad SMARTS) is 1. The Balaban J connectivity index is 2.72. The van der Waals surface area contributed by atoms with Gasteiger partial charge in [0.25, 0.3) is 0 Å². The van der Waals surface area contributed by atoms with Crippen LogP contribution in [-0.4, -0.2) is 42.1 Å². The van der Waals surface area contributed by atoms with Crippen molar-refractivity contribution in [1.82, 2.24) is 4.31 Å². The minimum absolute atomic E-state index is 0.344. The van der Waals surface area contributed by atoms with Gasteiger partial charge in [0, 0.05) is 13.1 Å². The van der Waals surface area contributed by atoms with E-state index in [0.29, 0.717) is 19.0 Å². The summed E-state index contributed by atoms with van der Waals surface area (Å²) < 4.78 is 25.1. The Morgan fingerprint density at radius 1 is 1.50 bits per heavy atom. The molecule has 1 unspecified atom stereocenters. The number of sulfonamides is 1. The molecule has 0 aromatic carbocycles. The van der Waals surface area contributed by atoms with Crippen molar-refractivity contribution < 1.29 is 18.3 Å². The molecule has 94 valence electrons. The molecule has 1 rings (SSSR count). The lowest BCUT2D eigenvalue weighted by atomic mass is 9.85. The van der Waals surface area contributed by atoms with Gasteiger partial charge in [-0.3, -0.25) is 4.79 Å². The van der Waals surface area contributed by atoms with Crippen LogP contribution < -0.4 is 0 Å². The maximum atomic E-state index is 11.9. The van der Waals surface area contributed by atoms with Gasteiger partial charge in [0.15, 0.2) is 5.25 Å². The fourth-order valence-electron chi connectivity index (χ4n) is 1.73. The first-order chi connectivity index (χ1) is 7.39. The molecule has 1 fully saturated rings. The molecule has 1 atom stereocenters. The van der Waals surface area contributed by atoms with Crippen molar-refractivity contribution in [3.8, 4) is 0 Å². The van der Waals surface area contributed by atoms with E-state index in [4.69, 9.17) is 5.11 Å². The lowest BCUT2D eigenvalue weighted by Crippen LogP contribution is -2.44. The highest BCUT2D eigenvalue weighted by molar-refractivity contribution is 7.90. The van der Waals surface area contributed by atoms with Crippen LogP contribution in [0.25, 0.3) is 0 Å². The summed E-state index contributed by atoms with van der Waals surface area (Å²) in [6.07, 6.45) is 3.25. The van der Waals surface area contributed by atoms with Crippen molar-refractivity contribution >= 4 is 16.0 Å². The Hall–Kier alpha value is -0.620. The molecule has 16 heavy (non-hydrogen) atoms. The van der Waals surface area contributed by atoms with Gasteiger partial charge in [0.05, 0.1) is 0 Å². The molecular weight excluding hydrogens is 230 g/mol. The number of aliphatic carboxylic acids is 1. The molecule has 1 aliphatic carbocycles. The molecule has 5 nitrogen and oxygen atoms in total. The maximum Gasteiger partial charge on any atom is 0.323 e. The van der Waals surface area contributed by atoms with Gasteiger partial charge in [-0.2, -0.15) is 0 Å². The first-order valence-electron chi connectivity index (χ1n) is 5.61. The second-order valence-corrected chi connectivity index (χ2v) is 6.53. The summed E-state index contributed by atoms with van der Waals surface area (Å²) in [5.41, 5.74) is 0. The minimum atomic E-state index is -3.69. The van der Waals surface area contributed by atoms with Crippen molar-refractivity contribution in [2.24, 2.45) is 5.92 Å². The molecule has 0 radical (unpaired) electrons. The molecule has 0 aromatic rings. The quantitative estimate of drug-likeness (QED) is 0.759. The van der Waals surface area contributed by atoms with E-state index in [1.54, 1.807) is 6.92 Å². The van der Waals surface area contributed by atoms with Crippen molar-refractivity contribution in [3.05, 3.63) is 0 Å². The molecule has 0 saturated heterocycles. The number of nitrogens with zero attached hydrogens (tertiary/aromatic N) is 1. The van der Waals surface area contributed by atoms with E-state index in [1.807, 2.05) is 0 Å². The van der Waals surface area contributed by atoms with Crippen molar-refractivity contribution in [1.29, 1.82) is 0 Å². The van der Waals surface area contributed by atoms with Gasteiger partial charge in [-0.05, 0) is 25.7 Å². The van der Waals surface area contributed by atoms with Crippen LogP contribution in [0.15, 0.2) is 0 Å². The third-order valence-corrected chi connectivity index (χ3v) is 5.42. The zero-order valence-electron chi connectivity index (χ0n) is 9.72. The first kappa shape index (κ1) is 13.4. The smallest absolute Gasteiger partial charge is 0.323 e. The number of rotatable bonds is 6. The highest BCUT2D eigenvalue weighted by atomic mass is 32.2. The Morgan fingerprint density at radius 3 is 2.38 bits per heavy atom. The normalized spacial score (nSPS) is 19.4. The van der Waals surface area contributed by atoms with Crippen molar-refractivity contribution in [2.45, 2.75) is 38.4 Å². The summed E-state index contributed by atoms with van der Waals surface area (Å²) in [4.78, 5) is 10.7. The molecule has 0 amide bonds. The average Bonchev–Trinajstić information content (AvgIpc) is 2.14. The van der Waals surface area contributed by atoms with Crippen molar-refractivity contribution in [2.75, 3.05) is 13.1 Å². The predicted molar refractivity (Wildman–Crippen MR) is 60.6 cm³/mol. The highest BCUT2D eigenvalue weighted by Crippen LogP contribution is 2.28. The van der Waals surface area contributed by atoms with Crippen LogP contribution in [0.3, 0.4) is 0 Å². The Bertz CT molecular complexity index is 348. The first-order valence-corrected chi connectivity index (χ1v) is 7.11. The van der Waals surface area contributed by atoms with Gasteiger partial charge in [0.1, 0.15) is 0 Å². The van der Waals surface area contributed by atoms with E-state index < -0.39 is 21.2 Å². The molecule has 1 aliphatic rings. The molecule has 6 heteroatoms. The van der Waals surface area contributed by atoms with Crippen LogP contribution in [-0.2, 0) is 14.8 Å². The average molecular weight is 249 g/mol. The van der Waals surface area contributed by atoms with Gasteiger partial charge < -0.3 is 5.11 Å². The topological polar surface area (TPSA) is 74.7 Å². The van der Waals surface area contributed by atoms with Gasteiger partial charge in [-0.25, -0.2) is 12.7 Å². The van der Waals surface area contributed by atoms with E-state index in [2.05, 4.69) is 0 Å². The van der Waals surface area contributed by atoms with Crippen molar-refractivity contribution in [3.63, 3.8) is 0 Å². The summed E-state index contributed by atoms with van der Waals surface area (Å²) in [6.45, 7) is 3.78. The largest absolute Gasteiger partial charge is 0.480 e. The molecular formula is C10H19NO4S. The molecule has 0 bridgehead atoms. The second-order valence-electron chi connectivity index (χ2n) is 4.27. The van der Waals surface area contributed by atoms with Gasteiger partial charge >= 0.3 is 5.97 Å². The fraction of sp³-hybridized carbons (Fsp3) is 0.900. The molecule has 1 saturated carbocycles. The lowest BCUT2D eigenvalue weighted by molar-refractivity contribution is -0.136. The SMILES string of the molecule is CCN(CC1CCC1)S(=O)(=O)C(C)C(=O)O. The van der Waals surface area contributed by atoms with E-state index in [0.717, 1.165) is 19.3 Å². The maximum absolute atomic E-state index is 11.9. The number of carbonyl (C=O) groups is 1. The van der Waals surface area contributed by atoms with Crippen LogP contribution in [0.1, 0.15) is 33.1 Å². The van der Waals surface area contributed by atoms with Crippen LogP contribution in [0.4, 0.5) is 0 Å². The van der Waals surface area contributed by atoms with Crippen LogP contribution >= 0.6 is 0 Å². The predicted octanol–water partition coefficient (Wildman–Crippen LogP) is 0.911. The van der Waals surface area contributed by atoms with E-state index in [9.17, 15) is 13.2 Å². The van der Waals surface area contributed by atoms with Gasteiger partial charge in [-0.1, -0.05) is 13.3 Å². The standard InChI is InChI=1S/C10H19NO4S/c1-3-11(7-9-5-4-6-9)16(14,15)8(2)10(12)13/h8-9H,3-7H2,1-2H3,(H,12,13). The van der Waals surface area contributed by atoms with Crippen LogP contribution in [0.5, 0.6) is 0 Å². The van der Waals surface area contributed by atoms with Crippen LogP contribution in [0.2, 0.25) is 0 Å². The zero-order chi connectivity index (χ0) is 12.3. The van der Waals surface area contributed by atoms with Gasteiger partial charge in [0.2, 0.25) is 10.0 Å². The Labute approximate surface area is 96.5 Å². The number of carboxylic acids is 1. The minimum Gasteiger partial charge on any atom is -0.480 e.